The monoisotopic (exact) mass is 306 g/mol. The number of thioether (sulfide) groups is 1. The van der Waals surface area contributed by atoms with Crippen LogP contribution in [0.5, 0.6) is 0 Å². The van der Waals surface area contributed by atoms with Crippen molar-refractivity contribution in [3.05, 3.63) is 20.8 Å². The fourth-order valence-corrected chi connectivity index (χ4v) is 3.46. The highest BCUT2D eigenvalue weighted by Crippen LogP contribution is 2.23. The van der Waals surface area contributed by atoms with E-state index in [-0.39, 0.29) is 5.78 Å². The second-order valence-corrected chi connectivity index (χ2v) is 6.85. The molecule has 0 bridgehead atoms. The van der Waals surface area contributed by atoms with Crippen LogP contribution in [-0.2, 0) is 0 Å². The van der Waals surface area contributed by atoms with Crippen molar-refractivity contribution < 1.29 is 4.79 Å². The Kier molecular flexibility index (Phi) is 6.61. The normalized spacial score (nSPS) is 10.5. The minimum absolute atomic E-state index is 0.257. The van der Waals surface area contributed by atoms with Gasteiger partial charge in [-0.1, -0.05) is 19.8 Å². The molecule has 1 aromatic heterocycles. The van der Waals surface area contributed by atoms with Gasteiger partial charge in [0.15, 0.2) is 5.78 Å². The largest absolute Gasteiger partial charge is 0.292 e. The lowest BCUT2D eigenvalue weighted by Gasteiger charge is -1.98. The predicted molar refractivity (Wildman–Crippen MR) is 73.2 cm³/mol. The molecular weight excluding hydrogens is 292 g/mol. The van der Waals surface area contributed by atoms with Crippen LogP contribution >= 0.6 is 39.0 Å². The summed E-state index contributed by atoms with van der Waals surface area (Å²) in [6.45, 7) is 2.19. The predicted octanol–water partition coefficient (Wildman–Crippen LogP) is 4.62. The van der Waals surface area contributed by atoms with E-state index in [0.717, 1.165) is 14.4 Å². The van der Waals surface area contributed by atoms with Crippen LogP contribution in [0, 0.1) is 0 Å². The summed E-state index contributed by atoms with van der Waals surface area (Å²) in [6, 6.07) is 3.82. The Morgan fingerprint density at radius 3 is 2.87 bits per heavy atom. The molecule has 0 fully saturated rings. The average Bonchev–Trinajstić information content (AvgIpc) is 2.64. The highest BCUT2D eigenvalue weighted by molar-refractivity contribution is 9.11. The van der Waals surface area contributed by atoms with Crippen LogP contribution in [0.1, 0.15) is 35.9 Å². The van der Waals surface area contributed by atoms with Gasteiger partial charge in [-0.3, -0.25) is 4.79 Å². The third-order valence-electron chi connectivity index (χ3n) is 1.97. The van der Waals surface area contributed by atoms with Crippen molar-refractivity contribution in [2.75, 3.05) is 11.5 Å². The molecule has 0 radical (unpaired) electrons. The Labute approximate surface area is 108 Å². The molecule has 15 heavy (non-hydrogen) atoms. The minimum Gasteiger partial charge on any atom is -0.292 e. The summed E-state index contributed by atoms with van der Waals surface area (Å²) >= 11 is 6.63. The minimum atomic E-state index is 0.257. The van der Waals surface area contributed by atoms with Crippen molar-refractivity contribution in [3.63, 3.8) is 0 Å². The van der Waals surface area contributed by atoms with Gasteiger partial charge < -0.3 is 0 Å². The maximum atomic E-state index is 11.7. The number of rotatable bonds is 7. The molecular formula is C11H15BrOS2. The summed E-state index contributed by atoms with van der Waals surface area (Å²) in [5, 5.41) is 0. The molecule has 0 saturated carbocycles. The van der Waals surface area contributed by atoms with E-state index < -0.39 is 0 Å². The number of hydrogen-bond donors (Lipinski definition) is 0. The molecule has 0 aromatic carbocycles. The van der Waals surface area contributed by atoms with Crippen molar-refractivity contribution in [1.29, 1.82) is 0 Å². The Hall–Kier alpha value is 0.200. The van der Waals surface area contributed by atoms with Gasteiger partial charge in [-0.05, 0) is 40.2 Å². The molecule has 0 spiro atoms. The molecule has 0 saturated heterocycles. The summed E-state index contributed by atoms with van der Waals surface area (Å²) in [7, 11) is 0. The maximum absolute atomic E-state index is 11.7. The zero-order valence-corrected chi connectivity index (χ0v) is 12.0. The maximum Gasteiger partial charge on any atom is 0.182 e. The van der Waals surface area contributed by atoms with Gasteiger partial charge in [0.25, 0.3) is 0 Å². The summed E-state index contributed by atoms with van der Waals surface area (Å²) in [5.74, 6) is 1.98. The van der Waals surface area contributed by atoms with Crippen LogP contribution in [0.4, 0.5) is 0 Å². The Bertz CT molecular complexity index is 309. The Balaban J connectivity index is 2.19. The number of ketones is 1. The van der Waals surface area contributed by atoms with Crippen molar-refractivity contribution in [1.82, 2.24) is 0 Å². The molecule has 0 aliphatic rings. The van der Waals surface area contributed by atoms with Crippen molar-refractivity contribution in [2.24, 2.45) is 0 Å². The van der Waals surface area contributed by atoms with Crippen molar-refractivity contribution >= 4 is 44.8 Å². The Morgan fingerprint density at radius 2 is 2.27 bits per heavy atom. The quantitative estimate of drug-likeness (QED) is 0.540. The van der Waals surface area contributed by atoms with Crippen LogP contribution in [0.3, 0.4) is 0 Å². The van der Waals surface area contributed by atoms with Gasteiger partial charge >= 0.3 is 0 Å². The molecule has 4 heteroatoms. The van der Waals surface area contributed by atoms with Crippen LogP contribution in [0.15, 0.2) is 15.9 Å². The molecule has 0 N–H and O–H groups in total. The highest BCUT2D eigenvalue weighted by Gasteiger charge is 2.07. The Morgan fingerprint density at radius 1 is 1.47 bits per heavy atom. The summed E-state index contributed by atoms with van der Waals surface area (Å²) in [5.41, 5.74) is 0. The van der Waals surface area contributed by atoms with Crippen LogP contribution in [0.25, 0.3) is 0 Å². The molecule has 1 nitrogen and oxygen atoms in total. The van der Waals surface area contributed by atoms with Crippen molar-refractivity contribution in [3.8, 4) is 0 Å². The second kappa shape index (κ2) is 7.47. The summed E-state index contributed by atoms with van der Waals surface area (Å²) in [6.07, 6.45) is 3.74. The fraction of sp³-hybridized carbons (Fsp3) is 0.545. The SMILES string of the molecule is CCCCCSCC(=O)c1ccc(Br)s1. The molecule has 84 valence electrons. The molecule has 0 unspecified atom stereocenters. The van der Waals surface area contributed by atoms with Gasteiger partial charge in [0.1, 0.15) is 0 Å². The number of carbonyl (C=O) groups is 1. The first-order valence-electron chi connectivity index (χ1n) is 5.10. The van der Waals surface area contributed by atoms with Gasteiger partial charge in [0.05, 0.1) is 14.4 Å². The second-order valence-electron chi connectivity index (χ2n) is 3.29. The number of hydrogen-bond acceptors (Lipinski definition) is 3. The van der Waals surface area contributed by atoms with E-state index in [0.29, 0.717) is 5.75 Å². The fourth-order valence-electron chi connectivity index (χ4n) is 1.15. The number of carbonyl (C=O) groups excluding carboxylic acids is 1. The third kappa shape index (κ3) is 5.18. The summed E-state index contributed by atoms with van der Waals surface area (Å²) < 4.78 is 1.03. The summed E-state index contributed by atoms with van der Waals surface area (Å²) in [4.78, 5) is 12.5. The zero-order valence-electron chi connectivity index (χ0n) is 8.79. The first-order chi connectivity index (χ1) is 7.24. The lowest BCUT2D eigenvalue weighted by molar-refractivity contribution is 0.102. The van der Waals surface area contributed by atoms with Crippen LogP contribution in [-0.4, -0.2) is 17.3 Å². The lowest BCUT2D eigenvalue weighted by atomic mass is 10.3. The van der Waals surface area contributed by atoms with Gasteiger partial charge in [0.2, 0.25) is 0 Å². The van der Waals surface area contributed by atoms with E-state index in [2.05, 4.69) is 22.9 Å². The van der Waals surface area contributed by atoms with Gasteiger partial charge in [-0.15, -0.1) is 11.3 Å². The lowest BCUT2D eigenvalue weighted by Crippen LogP contribution is -2.00. The first-order valence-corrected chi connectivity index (χ1v) is 7.86. The molecule has 0 aliphatic heterocycles. The molecule has 0 aliphatic carbocycles. The van der Waals surface area contributed by atoms with Gasteiger partial charge in [0, 0.05) is 0 Å². The molecule has 1 aromatic rings. The first kappa shape index (κ1) is 13.3. The van der Waals surface area contributed by atoms with E-state index in [9.17, 15) is 4.79 Å². The molecule has 0 atom stereocenters. The molecule has 1 heterocycles. The smallest absolute Gasteiger partial charge is 0.182 e. The van der Waals surface area contributed by atoms with Crippen LogP contribution < -0.4 is 0 Å². The van der Waals surface area contributed by atoms with E-state index in [1.54, 1.807) is 11.8 Å². The standard InChI is InChI=1S/C11H15BrOS2/c1-2-3-4-7-14-8-9(13)10-5-6-11(12)15-10/h5-6H,2-4,7-8H2,1H3. The number of thiophene rings is 1. The third-order valence-corrected chi connectivity index (χ3v) is 4.68. The highest BCUT2D eigenvalue weighted by atomic mass is 79.9. The number of Topliss-reactive ketones (excluding diaryl/α,β-unsaturated/α-hetero) is 1. The van der Waals surface area contributed by atoms with E-state index in [4.69, 9.17) is 0 Å². The van der Waals surface area contributed by atoms with Crippen LogP contribution in [0.2, 0.25) is 0 Å². The van der Waals surface area contributed by atoms with Gasteiger partial charge in [-0.2, -0.15) is 11.8 Å². The molecule has 1 rings (SSSR count). The van der Waals surface area contributed by atoms with E-state index in [1.165, 1.54) is 30.6 Å². The average molecular weight is 307 g/mol. The topological polar surface area (TPSA) is 17.1 Å². The van der Waals surface area contributed by atoms with E-state index in [1.807, 2.05) is 12.1 Å². The molecule has 0 amide bonds. The van der Waals surface area contributed by atoms with E-state index >= 15 is 0 Å². The van der Waals surface area contributed by atoms with Gasteiger partial charge in [-0.25, -0.2) is 0 Å². The van der Waals surface area contributed by atoms with Crippen molar-refractivity contribution in [2.45, 2.75) is 26.2 Å². The number of halogens is 1. The zero-order chi connectivity index (χ0) is 11.1. The number of unbranched alkanes of at least 4 members (excludes halogenated alkanes) is 2.